The first kappa shape index (κ1) is 19.3. The highest BCUT2D eigenvalue weighted by molar-refractivity contribution is 8.26. The largest absolute Gasteiger partial charge is 0.360 e. The first-order chi connectivity index (χ1) is 12.8. The zero-order valence-electron chi connectivity index (χ0n) is 15.2. The number of nitrogens with zero attached hydrogens (tertiary/aromatic N) is 2. The molecule has 0 radical (unpaired) electrons. The number of benzene rings is 1. The molecule has 2 heterocycles. The second kappa shape index (κ2) is 8.06. The monoisotopic (exact) mass is 401 g/mol. The fraction of sp³-hybridized carbons (Fsp3) is 0.263. The minimum absolute atomic E-state index is 0.166. The van der Waals surface area contributed by atoms with Crippen LogP contribution in [0.4, 0.5) is 5.82 Å². The first-order valence-electron chi connectivity index (χ1n) is 8.42. The maximum Gasteiger partial charge on any atom is 0.266 e. The fourth-order valence-electron chi connectivity index (χ4n) is 2.52. The summed E-state index contributed by atoms with van der Waals surface area (Å²) < 4.78 is 5.26. The number of nitrogens with one attached hydrogen (secondary N) is 1. The normalized spacial score (nSPS) is 15.9. The summed E-state index contributed by atoms with van der Waals surface area (Å²) in [6.45, 7) is 5.82. The lowest BCUT2D eigenvalue weighted by Gasteiger charge is -2.13. The van der Waals surface area contributed by atoms with Gasteiger partial charge in [-0.3, -0.25) is 14.5 Å². The molecule has 0 aliphatic carbocycles. The molecule has 2 amide bonds. The minimum Gasteiger partial charge on any atom is -0.360 e. The number of amides is 2. The molecular formula is C19H19N3O3S2. The maximum atomic E-state index is 12.6. The van der Waals surface area contributed by atoms with Crippen molar-refractivity contribution >= 4 is 52.0 Å². The Morgan fingerprint density at radius 3 is 2.67 bits per heavy atom. The Balaban J connectivity index is 1.67. The van der Waals surface area contributed by atoms with E-state index in [9.17, 15) is 9.59 Å². The number of hydrogen-bond acceptors (Lipinski definition) is 6. The summed E-state index contributed by atoms with van der Waals surface area (Å²) >= 11 is 6.46. The standard InChI is InChI=1S/C19H19N3O3S2/c1-11(2)14-6-4-13(5-7-14)9-15-18(24)22(19(26)27-15)10-17(23)20-16-8-12(3)25-21-16/h4-9,11H,10H2,1-3H3,(H,20,21,23)/b15-9+. The van der Waals surface area contributed by atoms with Crippen LogP contribution in [0.3, 0.4) is 0 Å². The lowest BCUT2D eigenvalue weighted by atomic mass is 10.0. The fourth-order valence-corrected chi connectivity index (χ4v) is 3.77. The molecule has 6 nitrogen and oxygen atoms in total. The van der Waals surface area contributed by atoms with Gasteiger partial charge in [0.25, 0.3) is 5.91 Å². The summed E-state index contributed by atoms with van der Waals surface area (Å²) in [5, 5.41) is 6.28. The van der Waals surface area contributed by atoms with Crippen LogP contribution in [0.5, 0.6) is 0 Å². The van der Waals surface area contributed by atoms with Crippen molar-refractivity contribution in [2.45, 2.75) is 26.7 Å². The van der Waals surface area contributed by atoms with Crippen LogP contribution in [-0.4, -0.2) is 32.7 Å². The maximum absolute atomic E-state index is 12.6. The van der Waals surface area contributed by atoms with Gasteiger partial charge in [0, 0.05) is 6.07 Å². The van der Waals surface area contributed by atoms with Gasteiger partial charge in [0.15, 0.2) is 5.82 Å². The molecule has 8 heteroatoms. The molecule has 1 aliphatic heterocycles. The molecule has 0 atom stereocenters. The molecule has 0 saturated carbocycles. The van der Waals surface area contributed by atoms with Gasteiger partial charge in [0.05, 0.1) is 4.91 Å². The van der Waals surface area contributed by atoms with Crippen LogP contribution in [0.25, 0.3) is 6.08 Å². The molecule has 1 fully saturated rings. The number of thioether (sulfide) groups is 1. The van der Waals surface area contributed by atoms with Crippen LogP contribution in [0.2, 0.25) is 0 Å². The average Bonchev–Trinajstić information content (AvgIpc) is 3.13. The topological polar surface area (TPSA) is 75.4 Å². The number of rotatable bonds is 5. The summed E-state index contributed by atoms with van der Waals surface area (Å²) in [5.41, 5.74) is 2.15. The number of hydrogen-bond donors (Lipinski definition) is 1. The van der Waals surface area contributed by atoms with Crippen LogP contribution < -0.4 is 5.32 Å². The minimum atomic E-state index is -0.387. The van der Waals surface area contributed by atoms with E-state index in [-0.39, 0.29) is 18.4 Å². The Morgan fingerprint density at radius 2 is 2.07 bits per heavy atom. The Labute approximate surface area is 167 Å². The molecule has 0 unspecified atom stereocenters. The van der Waals surface area contributed by atoms with E-state index in [4.69, 9.17) is 16.7 Å². The highest BCUT2D eigenvalue weighted by Crippen LogP contribution is 2.32. The van der Waals surface area contributed by atoms with Gasteiger partial charge in [-0.15, -0.1) is 0 Å². The summed E-state index contributed by atoms with van der Waals surface area (Å²) in [5.74, 6) is 0.682. The van der Waals surface area contributed by atoms with Crippen LogP contribution in [-0.2, 0) is 9.59 Å². The number of anilines is 1. The van der Waals surface area contributed by atoms with Crippen LogP contribution >= 0.6 is 24.0 Å². The summed E-state index contributed by atoms with van der Waals surface area (Å²) in [7, 11) is 0. The second-order valence-corrected chi connectivity index (χ2v) is 8.14. The highest BCUT2D eigenvalue weighted by atomic mass is 32.2. The van der Waals surface area contributed by atoms with Crippen molar-refractivity contribution < 1.29 is 14.1 Å². The molecule has 3 rings (SSSR count). The van der Waals surface area contributed by atoms with Crippen LogP contribution in [0, 0.1) is 6.92 Å². The highest BCUT2D eigenvalue weighted by Gasteiger charge is 2.33. The smallest absolute Gasteiger partial charge is 0.266 e. The van der Waals surface area contributed by atoms with Crippen molar-refractivity contribution in [2.75, 3.05) is 11.9 Å². The molecule has 27 heavy (non-hydrogen) atoms. The number of aryl methyl sites for hydroxylation is 1. The quantitative estimate of drug-likeness (QED) is 0.604. The van der Waals surface area contributed by atoms with E-state index in [2.05, 4.69) is 24.3 Å². The lowest BCUT2D eigenvalue weighted by Crippen LogP contribution is -2.36. The van der Waals surface area contributed by atoms with Crippen molar-refractivity contribution in [1.29, 1.82) is 0 Å². The first-order valence-corrected chi connectivity index (χ1v) is 9.64. The molecule has 1 aliphatic rings. The van der Waals surface area contributed by atoms with Crippen molar-refractivity contribution in [3.05, 3.63) is 52.1 Å². The molecule has 2 aromatic rings. The van der Waals surface area contributed by atoms with Gasteiger partial charge in [0.1, 0.15) is 16.6 Å². The van der Waals surface area contributed by atoms with E-state index in [1.54, 1.807) is 19.1 Å². The number of carbonyl (C=O) groups is 2. The summed E-state index contributed by atoms with van der Waals surface area (Å²) in [6, 6.07) is 9.64. The Bertz CT molecular complexity index is 917. The van der Waals surface area contributed by atoms with Gasteiger partial charge >= 0.3 is 0 Å². The van der Waals surface area contributed by atoms with E-state index in [0.717, 1.165) is 5.56 Å². The van der Waals surface area contributed by atoms with Crippen LogP contribution in [0.15, 0.2) is 39.8 Å². The van der Waals surface area contributed by atoms with E-state index < -0.39 is 0 Å². The number of thiocarbonyl (C=S) groups is 1. The van der Waals surface area contributed by atoms with Crippen molar-refractivity contribution in [2.24, 2.45) is 0 Å². The van der Waals surface area contributed by atoms with E-state index in [0.29, 0.717) is 26.7 Å². The molecule has 140 valence electrons. The van der Waals surface area contributed by atoms with Gasteiger partial charge in [-0.1, -0.05) is 67.2 Å². The van der Waals surface area contributed by atoms with Gasteiger partial charge in [-0.25, -0.2) is 0 Å². The van der Waals surface area contributed by atoms with Gasteiger partial charge in [-0.2, -0.15) is 0 Å². The summed E-state index contributed by atoms with van der Waals surface area (Å²) in [6.07, 6.45) is 1.79. The number of carbonyl (C=O) groups excluding carboxylic acids is 2. The Morgan fingerprint density at radius 1 is 1.37 bits per heavy atom. The molecular weight excluding hydrogens is 382 g/mol. The third-order valence-electron chi connectivity index (χ3n) is 3.97. The molecule has 1 aromatic carbocycles. The number of aromatic nitrogens is 1. The lowest BCUT2D eigenvalue weighted by molar-refractivity contribution is -0.126. The van der Waals surface area contributed by atoms with Gasteiger partial charge in [0.2, 0.25) is 5.91 Å². The van der Waals surface area contributed by atoms with Gasteiger partial charge in [-0.05, 0) is 30.0 Å². The molecule has 0 spiro atoms. The molecule has 1 saturated heterocycles. The Hall–Kier alpha value is -2.45. The predicted octanol–water partition coefficient (Wildman–Crippen LogP) is 3.95. The van der Waals surface area contributed by atoms with Crippen molar-refractivity contribution in [3.8, 4) is 0 Å². The molecule has 0 bridgehead atoms. The average molecular weight is 402 g/mol. The van der Waals surface area contributed by atoms with E-state index in [1.165, 1.54) is 22.2 Å². The second-order valence-electron chi connectivity index (χ2n) is 6.46. The van der Waals surface area contributed by atoms with Crippen molar-refractivity contribution in [3.63, 3.8) is 0 Å². The van der Waals surface area contributed by atoms with E-state index >= 15 is 0 Å². The van der Waals surface area contributed by atoms with E-state index in [1.807, 2.05) is 24.3 Å². The zero-order chi connectivity index (χ0) is 19.6. The van der Waals surface area contributed by atoms with Crippen molar-refractivity contribution in [1.82, 2.24) is 10.1 Å². The van der Waals surface area contributed by atoms with Gasteiger partial charge < -0.3 is 9.84 Å². The molecule has 1 N–H and O–H groups in total. The third kappa shape index (κ3) is 4.64. The summed E-state index contributed by atoms with van der Waals surface area (Å²) in [4.78, 5) is 26.6. The molecule has 1 aromatic heterocycles. The van der Waals surface area contributed by atoms with Crippen LogP contribution in [0.1, 0.15) is 36.7 Å². The third-order valence-corrected chi connectivity index (χ3v) is 5.35. The Kier molecular flexibility index (Phi) is 5.76. The zero-order valence-corrected chi connectivity index (χ0v) is 16.8. The SMILES string of the molecule is Cc1cc(NC(=O)CN2C(=O)/C(=C\c3ccc(C(C)C)cc3)SC2=S)no1. The predicted molar refractivity (Wildman–Crippen MR) is 110 cm³/mol.